The number of thiophene rings is 1. The Hall–Kier alpha value is -1.19. The summed E-state index contributed by atoms with van der Waals surface area (Å²) in [6, 6.07) is 9.71. The van der Waals surface area contributed by atoms with Crippen LogP contribution in [0.25, 0.3) is 0 Å². The Balaban J connectivity index is 2.37. The summed E-state index contributed by atoms with van der Waals surface area (Å²) in [7, 11) is 3.26. The van der Waals surface area contributed by atoms with Crippen LogP contribution in [0.15, 0.2) is 35.7 Å². The van der Waals surface area contributed by atoms with Gasteiger partial charge in [0.2, 0.25) is 0 Å². The lowest BCUT2D eigenvalue weighted by Gasteiger charge is -2.11. The SMILES string of the molecule is COc1cc(OC)cc(C(Cl)c2cccs2)c1. The quantitative estimate of drug-likeness (QED) is 0.778. The van der Waals surface area contributed by atoms with Crippen LogP contribution in [0.5, 0.6) is 11.5 Å². The Labute approximate surface area is 110 Å². The molecule has 1 unspecified atom stereocenters. The van der Waals surface area contributed by atoms with Crippen LogP contribution in [0.2, 0.25) is 0 Å². The van der Waals surface area contributed by atoms with Crippen molar-refractivity contribution in [2.24, 2.45) is 0 Å². The van der Waals surface area contributed by atoms with Gasteiger partial charge in [-0.25, -0.2) is 0 Å². The van der Waals surface area contributed by atoms with E-state index in [-0.39, 0.29) is 5.38 Å². The van der Waals surface area contributed by atoms with Gasteiger partial charge in [-0.1, -0.05) is 6.07 Å². The van der Waals surface area contributed by atoms with Crippen LogP contribution in [0.1, 0.15) is 15.8 Å². The number of alkyl halides is 1. The fourth-order valence-electron chi connectivity index (χ4n) is 1.58. The molecule has 1 aromatic heterocycles. The van der Waals surface area contributed by atoms with Gasteiger partial charge in [-0.05, 0) is 29.1 Å². The maximum atomic E-state index is 6.43. The highest BCUT2D eigenvalue weighted by Crippen LogP contribution is 2.35. The molecule has 1 atom stereocenters. The molecule has 0 N–H and O–H groups in total. The number of ether oxygens (including phenoxy) is 2. The van der Waals surface area contributed by atoms with Crippen molar-refractivity contribution in [3.05, 3.63) is 46.2 Å². The maximum absolute atomic E-state index is 6.43. The molecule has 0 aliphatic rings. The monoisotopic (exact) mass is 268 g/mol. The van der Waals surface area contributed by atoms with Crippen molar-refractivity contribution in [2.45, 2.75) is 5.38 Å². The van der Waals surface area contributed by atoms with Crippen molar-refractivity contribution in [2.75, 3.05) is 14.2 Å². The minimum atomic E-state index is -0.168. The molecule has 0 fully saturated rings. The zero-order valence-electron chi connectivity index (χ0n) is 9.64. The van der Waals surface area contributed by atoms with E-state index < -0.39 is 0 Å². The van der Waals surface area contributed by atoms with Gasteiger partial charge in [0.25, 0.3) is 0 Å². The summed E-state index contributed by atoms with van der Waals surface area (Å²) >= 11 is 8.07. The molecule has 2 aromatic rings. The largest absolute Gasteiger partial charge is 0.497 e. The molecule has 0 bridgehead atoms. The molecule has 0 spiro atoms. The van der Waals surface area contributed by atoms with E-state index in [4.69, 9.17) is 21.1 Å². The third-order valence-electron chi connectivity index (χ3n) is 2.46. The molecule has 0 radical (unpaired) electrons. The Kier molecular flexibility index (Phi) is 3.92. The van der Waals surface area contributed by atoms with Crippen molar-refractivity contribution >= 4 is 22.9 Å². The molecule has 4 heteroatoms. The minimum absolute atomic E-state index is 0.168. The normalized spacial score (nSPS) is 12.2. The van der Waals surface area contributed by atoms with Crippen LogP contribution >= 0.6 is 22.9 Å². The van der Waals surface area contributed by atoms with Crippen LogP contribution in [0, 0.1) is 0 Å². The molecular weight excluding hydrogens is 256 g/mol. The topological polar surface area (TPSA) is 18.5 Å². The Bertz CT molecular complexity index is 460. The van der Waals surface area contributed by atoms with Crippen LogP contribution < -0.4 is 9.47 Å². The molecule has 0 saturated carbocycles. The second kappa shape index (κ2) is 5.43. The Morgan fingerprint density at radius 1 is 1.12 bits per heavy atom. The zero-order valence-corrected chi connectivity index (χ0v) is 11.2. The summed E-state index contributed by atoms with van der Waals surface area (Å²) in [4.78, 5) is 1.11. The number of halogens is 1. The average Bonchev–Trinajstić information content (AvgIpc) is 2.91. The lowest BCUT2D eigenvalue weighted by Crippen LogP contribution is -1.94. The number of hydrogen-bond donors (Lipinski definition) is 0. The highest BCUT2D eigenvalue weighted by molar-refractivity contribution is 7.10. The van der Waals surface area contributed by atoms with Gasteiger partial charge in [0.05, 0.1) is 19.6 Å². The van der Waals surface area contributed by atoms with Crippen molar-refractivity contribution in [3.63, 3.8) is 0 Å². The van der Waals surface area contributed by atoms with Crippen LogP contribution in [-0.4, -0.2) is 14.2 Å². The van der Waals surface area contributed by atoms with Crippen molar-refractivity contribution < 1.29 is 9.47 Å². The number of benzene rings is 1. The molecule has 90 valence electrons. The third kappa shape index (κ3) is 2.73. The minimum Gasteiger partial charge on any atom is -0.497 e. The molecule has 0 aliphatic heterocycles. The first-order chi connectivity index (χ1) is 8.24. The van der Waals surface area contributed by atoms with E-state index >= 15 is 0 Å². The van der Waals surface area contributed by atoms with E-state index in [9.17, 15) is 0 Å². The number of hydrogen-bond acceptors (Lipinski definition) is 3. The fraction of sp³-hybridized carbons (Fsp3) is 0.231. The molecule has 2 nitrogen and oxygen atoms in total. The van der Waals surface area contributed by atoms with Gasteiger partial charge in [-0.2, -0.15) is 0 Å². The second-order valence-electron chi connectivity index (χ2n) is 3.52. The molecule has 1 heterocycles. The predicted molar refractivity (Wildman–Crippen MR) is 71.6 cm³/mol. The molecule has 0 saturated heterocycles. The van der Waals surface area contributed by atoms with E-state index in [0.29, 0.717) is 0 Å². The van der Waals surface area contributed by atoms with Gasteiger partial charge < -0.3 is 9.47 Å². The summed E-state index contributed by atoms with van der Waals surface area (Å²) in [5.74, 6) is 1.50. The molecule has 0 amide bonds. The molecule has 0 aliphatic carbocycles. The Morgan fingerprint density at radius 3 is 2.24 bits per heavy atom. The van der Waals surface area contributed by atoms with Gasteiger partial charge in [0.15, 0.2) is 0 Å². The zero-order chi connectivity index (χ0) is 12.3. The highest BCUT2D eigenvalue weighted by Gasteiger charge is 2.14. The van der Waals surface area contributed by atoms with Crippen LogP contribution in [0.4, 0.5) is 0 Å². The first-order valence-corrected chi connectivity index (χ1v) is 6.46. The Morgan fingerprint density at radius 2 is 1.76 bits per heavy atom. The smallest absolute Gasteiger partial charge is 0.122 e. The van der Waals surface area contributed by atoms with E-state index in [0.717, 1.165) is 21.9 Å². The maximum Gasteiger partial charge on any atom is 0.122 e. The van der Waals surface area contributed by atoms with Gasteiger partial charge >= 0.3 is 0 Å². The lowest BCUT2D eigenvalue weighted by atomic mass is 10.1. The van der Waals surface area contributed by atoms with Crippen LogP contribution in [-0.2, 0) is 0 Å². The molecule has 1 aromatic carbocycles. The summed E-state index contributed by atoms with van der Waals surface area (Å²) in [5, 5.41) is 1.85. The third-order valence-corrected chi connectivity index (χ3v) is 4.01. The number of rotatable bonds is 4. The summed E-state index contributed by atoms with van der Waals surface area (Å²) < 4.78 is 10.5. The van der Waals surface area contributed by atoms with Crippen molar-refractivity contribution in [1.29, 1.82) is 0 Å². The fourth-order valence-corrected chi connectivity index (χ4v) is 2.66. The van der Waals surface area contributed by atoms with Gasteiger partial charge in [0.1, 0.15) is 11.5 Å². The van der Waals surface area contributed by atoms with Gasteiger partial charge in [-0.3, -0.25) is 0 Å². The summed E-state index contributed by atoms with van der Waals surface area (Å²) in [6.07, 6.45) is 0. The average molecular weight is 269 g/mol. The standard InChI is InChI=1S/C13H13ClO2S/c1-15-10-6-9(7-11(8-10)16-2)13(14)12-4-3-5-17-12/h3-8,13H,1-2H3. The molecular formula is C13H13ClO2S. The summed E-state index contributed by atoms with van der Waals surface area (Å²) in [6.45, 7) is 0. The van der Waals surface area contributed by atoms with E-state index in [1.54, 1.807) is 25.6 Å². The first-order valence-electron chi connectivity index (χ1n) is 5.15. The van der Waals surface area contributed by atoms with Crippen molar-refractivity contribution in [1.82, 2.24) is 0 Å². The predicted octanol–water partition coefficient (Wildman–Crippen LogP) is 4.09. The van der Waals surface area contributed by atoms with Crippen molar-refractivity contribution in [3.8, 4) is 11.5 Å². The first kappa shape index (κ1) is 12.3. The molecule has 17 heavy (non-hydrogen) atoms. The van der Waals surface area contributed by atoms with E-state index in [2.05, 4.69) is 0 Å². The molecule has 2 rings (SSSR count). The summed E-state index contributed by atoms with van der Waals surface area (Å²) in [5.41, 5.74) is 0.977. The van der Waals surface area contributed by atoms with Crippen LogP contribution in [0.3, 0.4) is 0 Å². The van der Waals surface area contributed by atoms with Gasteiger partial charge in [0, 0.05) is 10.9 Å². The number of methoxy groups -OCH3 is 2. The van der Waals surface area contributed by atoms with Gasteiger partial charge in [-0.15, -0.1) is 22.9 Å². The second-order valence-corrected chi connectivity index (χ2v) is 4.94. The lowest BCUT2D eigenvalue weighted by molar-refractivity contribution is 0.393. The highest BCUT2D eigenvalue weighted by atomic mass is 35.5. The van der Waals surface area contributed by atoms with E-state index in [1.165, 1.54) is 0 Å². The van der Waals surface area contributed by atoms with E-state index in [1.807, 2.05) is 35.7 Å².